The van der Waals surface area contributed by atoms with Crippen molar-refractivity contribution in [3.05, 3.63) is 88.5 Å². The number of esters is 2. The van der Waals surface area contributed by atoms with Crippen LogP contribution in [0.2, 0.25) is 0 Å². The third-order valence-corrected chi connectivity index (χ3v) is 7.58. The summed E-state index contributed by atoms with van der Waals surface area (Å²) in [5.74, 6) is -2.16. The zero-order chi connectivity index (χ0) is 27.3. The molecular formula is C27H28N2O7S. The molecular weight excluding hydrogens is 496 g/mol. The number of nitrogens with zero attached hydrogens (tertiary/aromatic N) is 1. The van der Waals surface area contributed by atoms with Crippen LogP contribution < -0.4 is 9.62 Å². The van der Waals surface area contributed by atoms with Crippen LogP contribution in [0.25, 0.3) is 0 Å². The Kier molecular flexibility index (Phi) is 8.34. The maximum Gasteiger partial charge on any atom is 0.339 e. The smallest absolute Gasteiger partial charge is 0.339 e. The van der Waals surface area contributed by atoms with E-state index in [0.29, 0.717) is 5.69 Å². The van der Waals surface area contributed by atoms with Gasteiger partial charge in [0.15, 0.2) is 0 Å². The number of aryl methyl sites for hydroxylation is 3. The van der Waals surface area contributed by atoms with Crippen LogP contribution in [-0.2, 0) is 24.3 Å². The molecule has 1 N–H and O–H groups in total. The fourth-order valence-corrected chi connectivity index (χ4v) is 4.95. The highest BCUT2D eigenvalue weighted by Gasteiger charge is 2.28. The van der Waals surface area contributed by atoms with Crippen LogP contribution >= 0.6 is 0 Å². The molecule has 3 aromatic rings. The second-order valence-electron chi connectivity index (χ2n) is 8.38. The van der Waals surface area contributed by atoms with E-state index in [1.807, 2.05) is 20.8 Å². The summed E-state index contributed by atoms with van der Waals surface area (Å²) in [4.78, 5) is 37.5. The first-order valence-corrected chi connectivity index (χ1v) is 12.7. The fourth-order valence-electron chi connectivity index (χ4n) is 3.53. The van der Waals surface area contributed by atoms with Crippen molar-refractivity contribution >= 4 is 39.2 Å². The second-order valence-corrected chi connectivity index (χ2v) is 10.2. The quantitative estimate of drug-likeness (QED) is 0.442. The summed E-state index contributed by atoms with van der Waals surface area (Å²) in [5, 5.41) is 2.55. The van der Waals surface area contributed by atoms with E-state index in [1.54, 1.807) is 30.3 Å². The van der Waals surface area contributed by atoms with Gasteiger partial charge in [-0.3, -0.25) is 9.10 Å². The van der Waals surface area contributed by atoms with Gasteiger partial charge in [-0.05, 0) is 74.4 Å². The number of carbonyl (C=O) groups excluding carboxylic acids is 3. The topological polar surface area (TPSA) is 119 Å². The van der Waals surface area contributed by atoms with E-state index in [1.165, 1.54) is 44.6 Å². The predicted octanol–water partition coefficient (Wildman–Crippen LogP) is 4.02. The SMILES string of the molecule is COC(=O)c1ccc(C(=O)OC)c(NC(=O)CN(c2ccc(C)c(C)c2)S(=O)(=O)c2ccc(C)cc2)c1. The standard InChI is InChI=1S/C27H28N2O7S/c1-17-6-11-22(12-7-17)37(33,34)29(21-10-8-18(2)19(3)14-21)16-25(30)28-24-15-20(26(31)35-4)9-13-23(24)27(32)36-5/h6-15H,16H2,1-5H3,(H,28,30). The molecule has 9 nitrogen and oxygen atoms in total. The van der Waals surface area contributed by atoms with Crippen LogP contribution in [0.1, 0.15) is 37.4 Å². The third kappa shape index (κ3) is 6.15. The van der Waals surface area contributed by atoms with Gasteiger partial charge in [0, 0.05) is 0 Å². The summed E-state index contributed by atoms with van der Waals surface area (Å²) in [6.07, 6.45) is 0. The number of sulfonamides is 1. The van der Waals surface area contributed by atoms with Crippen LogP contribution in [0.5, 0.6) is 0 Å². The van der Waals surface area contributed by atoms with Crippen molar-refractivity contribution in [2.24, 2.45) is 0 Å². The highest BCUT2D eigenvalue weighted by Crippen LogP contribution is 2.27. The minimum atomic E-state index is -4.14. The van der Waals surface area contributed by atoms with Gasteiger partial charge in [-0.2, -0.15) is 0 Å². The van der Waals surface area contributed by atoms with Gasteiger partial charge >= 0.3 is 11.9 Å². The van der Waals surface area contributed by atoms with E-state index in [9.17, 15) is 22.8 Å². The molecule has 0 aliphatic carbocycles. The third-order valence-electron chi connectivity index (χ3n) is 5.79. The molecule has 1 amide bonds. The number of ether oxygens (including phenoxy) is 2. The minimum absolute atomic E-state index is 0.0115. The molecule has 0 bridgehead atoms. The van der Waals surface area contributed by atoms with Crippen LogP contribution in [0.4, 0.5) is 11.4 Å². The van der Waals surface area contributed by atoms with Gasteiger partial charge in [-0.15, -0.1) is 0 Å². The predicted molar refractivity (Wildman–Crippen MR) is 139 cm³/mol. The van der Waals surface area contributed by atoms with E-state index in [-0.39, 0.29) is 21.7 Å². The number of benzene rings is 3. The maximum atomic E-state index is 13.6. The first-order valence-electron chi connectivity index (χ1n) is 11.2. The number of nitrogens with one attached hydrogen (secondary N) is 1. The number of rotatable bonds is 8. The molecule has 0 saturated carbocycles. The summed E-state index contributed by atoms with van der Waals surface area (Å²) in [5.41, 5.74) is 3.05. The van der Waals surface area contributed by atoms with Crippen LogP contribution in [-0.4, -0.2) is 47.0 Å². The van der Waals surface area contributed by atoms with E-state index in [2.05, 4.69) is 5.32 Å². The summed E-state index contributed by atoms with van der Waals surface area (Å²) in [6.45, 7) is 4.98. The summed E-state index contributed by atoms with van der Waals surface area (Å²) < 4.78 is 37.8. The molecule has 0 unspecified atom stereocenters. The highest BCUT2D eigenvalue weighted by molar-refractivity contribution is 7.92. The molecule has 0 saturated heterocycles. The van der Waals surface area contributed by atoms with E-state index in [0.717, 1.165) is 21.0 Å². The number of carbonyl (C=O) groups is 3. The Morgan fingerprint density at radius 2 is 1.46 bits per heavy atom. The molecule has 0 radical (unpaired) electrons. The zero-order valence-corrected chi connectivity index (χ0v) is 22.0. The number of hydrogen-bond acceptors (Lipinski definition) is 7. The van der Waals surface area contributed by atoms with Crippen molar-refractivity contribution in [1.82, 2.24) is 0 Å². The molecule has 0 spiro atoms. The Morgan fingerprint density at radius 1 is 0.811 bits per heavy atom. The minimum Gasteiger partial charge on any atom is -0.465 e. The molecule has 0 aliphatic heterocycles. The molecule has 0 heterocycles. The van der Waals surface area contributed by atoms with Gasteiger partial charge in [0.25, 0.3) is 10.0 Å². The Hall–Kier alpha value is -4.18. The molecule has 3 aromatic carbocycles. The number of amides is 1. The Balaban J connectivity index is 2.03. The van der Waals surface area contributed by atoms with Gasteiger partial charge in [0.1, 0.15) is 6.54 Å². The van der Waals surface area contributed by atoms with Gasteiger partial charge in [0.05, 0.1) is 41.6 Å². The van der Waals surface area contributed by atoms with E-state index in [4.69, 9.17) is 9.47 Å². The van der Waals surface area contributed by atoms with Crippen LogP contribution in [0.15, 0.2) is 65.6 Å². The monoisotopic (exact) mass is 524 g/mol. The molecule has 194 valence electrons. The van der Waals surface area contributed by atoms with Gasteiger partial charge in [0.2, 0.25) is 5.91 Å². The molecule has 0 fully saturated rings. The molecule has 0 aliphatic rings. The summed E-state index contributed by atoms with van der Waals surface area (Å²) in [7, 11) is -1.76. The molecule has 10 heteroatoms. The van der Waals surface area contributed by atoms with Gasteiger partial charge < -0.3 is 14.8 Å². The molecule has 0 aromatic heterocycles. The lowest BCUT2D eigenvalue weighted by Crippen LogP contribution is -2.38. The number of hydrogen-bond donors (Lipinski definition) is 1. The van der Waals surface area contributed by atoms with E-state index < -0.39 is 34.4 Å². The average Bonchev–Trinajstić information content (AvgIpc) is 2.88. The highest BCUT2D eigenvalue weighted by atomic mass is 32.2. The molecule has 0 atom stereocenters. The lowest BCUT2D eigenvalue weighted by atomic mass is 10.1. The van der Waals surface area contributed by atoms with Gasteiger partial charge in [-0.25, -0.2) is 18.0 Å². The van der Waals surface area contributed by atoms with Crippen molar-refractivity contribution < 1.29 is 32.3 Å². The number of anilines is 2. The Labute approximate surface area is 216 Å². The normalized spacial score (nSPS) is 10.9. The van der Waals surface area contributed by atoms with Crippen molar-refractivity contribution in [3.63, 3.8) is 0 Å². The van der Waals surface area contributed by atoms with Gasteiger partial charge in [-0.1, -0.05) is 23.8 Å². The first kappa shape index (κ1) is 27.4. The number of methoxy groups -OCH3 is 2. The lowest BCUT2D eigenvalue weighted by Gasteiger charge is -2.25. The van der Waals surface area contributed by atoms with Crippen molar-refractivity contribution in [3.8, 4) is 0 Å². The average molecular weight is 525 g/mol. The second kappa shape index (κ2) is 11.3. The van der Waals surface area contributed by atoms with Crippen molar-refractivity contribution in [2.75, 3.05) is 30.4 Å². The van der Waals surface area contributed by atoms with Crippen LogP contribution in [0, 0.1) is 20.8 Å². The van der Waals surface area contributed by atoms with Crippen molar-refractivity contribution in [2.45, 2.75) is 25.7 Å². The summed E-state index contributed by atoms with van der Waals surface area (Å²) in [6, 6.07) is 15.3. The fraction of sp³-hybridized carbons (Fsp3) is 0.222. The first-order chi connectivity index (χ1) is 17.5. The molecule has 37 heavy (non-hydrogen) atoms. The van der Waals surface area contributed by atoms with Crippen molar-refractivity contribution in [1.29, 1.82) is 0 Å². The zero-order valence-electron chi connectivity index (χ0n) is 21.2. The maximum absolute atomic E-state index is 13.6. The Bertz CT molecular complexity index is 1450. The lowest BCUT2D eigenvalue weighted by molar-refractivity contribution is -0.114. The Morgan fingerprint density at radius 3 is 2.05 bits per heavy atom. The molecule has 3 rings (SSSR count). The summed E-state index contributed by atoms with van der Waals surface area (Å²) >= 11 is 0. The van der Waals surface area contributed by atoms with Crippen LogP contribution in [0.3, 0.4) is 0 Å². The largest absolute Gasteiger partial charge is 0.465 e. The van der Waals surface area contributed by atoms with E-state index >= 15 is 0 Å².